The van der Waals surface area contributed by atoms with Gasteiger partial charge in [0.2, 0.25) is 0 Å². The summed E-state index contributed by atoms with van der Waals surface area (Å²) in [6.07, 6.45) is 3.80. The second kappa shape index (κ2) is 7.63. The van der Waals surface area contributed by atoms with E-state index in [1.165, 1.54) is 0 Å². The summed E-state index contributed by atoms with van der Waals surface area (Å²) in [5, 5.41) is 11.5. The fraction of sp³-hybridized carbons (Fsp3) is 0.909. The maximum Gasteiger partial charge on any atom is 0.332 e. The number of esters is 1. The highest BCUT2D eigenvalue weighted by atomic mass is 31.0. The van der Waals surface area contributed by atoms with Crippen LogP contribution in [0, 0.1) is 34.0 Å². The van der Waals surface area contributed by atoms with Crippen LogP contribution in [-0.2, 0) is 18.8 Å². The quantitative estimate of drug-likeness (QED) is 0.560. The molecule has 3 aliphatic rings. The van der Waals surface area contributed by atoms with Gasteiger partial charge in [-0.1, -0.05) is 34.6 Å². The Hall–Kier alpha value is -0.510. The van der Waals surface area contributed by atoms with Crippen molar-refractivity contribution in [2.45, 2.75) is 85.4 Å². The Balaban J connectivity index is 2.16. The summed E-state index contributed by atoms with van der Waals surface area (Å²) in [5.74, 6) is 0.0383. The number of ether oxygens (including phenoxy) is 1. The fourth-order valence-corrected chi connectivity index (χ4v) is 7.10. The van der Waals surface area contributed by atoms with Crippen LogP contribution in [0.25, 0.3) is 0 Å². The van der Waals surface area contributed by atoms with Gasteiger partial charge in [0.1, 0.15) is 18.5 Å². The lowest BCUT2D eigenvalue weighted by Crippen LogP contribution is -2.63. The molecule has 3 rings (SSSR count). The van der Waals surface area contributed by atoms with E-state index in [1.54, 1.807) is 0 Å². The topological polar surface area (TPSA) is 72.8 Å². The molecule has 0 amide bonds. The minimum absolute atomic E-state index is 0.0488. The number of carbonyl (C=O) groups excluding carboxylic acids is 2. The molecule has 0 radical (unpaired) electrons. The average molecular weight is 413 g/mol. The van der Waals surface area contributed by atoms with Crippen molar-refractivity contribution >= 4 is 21.2 Å². The number of carbonyl (C=O) groups is 2. The van der Waals surface area contributed by atoms with Gasteiger partial charge in [-0.15, -0.1) is 0 Å². The van der Waals surface area contributed by atoms with Crippen molar-refractivity contribution < 1.29 is 24.0 Å². The summed E-state index contributed by atoms with van der Waals surface area (Å²) in [7, 11) is 2.08. The molecule has 160 valence electrons. The SMILES string of the molecule is CC[C@@]1(C)C[C@@H](OC(=O)COP)[C@@]2(C)C3C(=O)CC[C@@]3(CC[C@H]2C)[C@@H](C)[C@@H]1O. The van der Waals surface area contributed by atoms with Crippen LogP contribution in [0.4, 0.5) is 0 Å². The molecule has 9 atom stereocenters. The summed E-state index contributed by atoms with van der Waals surface area (Å²) in [5.41, 5.74) is -0.988. The minimum atomic E-state index is -0.525. The standard InChI is InChI=1S/C22H37O5P/c1-6-20(4)11-16(27-17(24)12-26-28)21(5)13(2)7-9-22(14(3)19(20)25)10-8-15(23)18(21)22/h13-14,16,18-19,25H,6-12,28H2,1-5H3/t13-,14+,16-,18?,19+,20+,21+,22+/m1/s1. The van der Waals surface area contributed by atoms with E-state index < -0.39 is 23.6 Å². The molecule has 2 bridgehead atoms. The highest BCUT2D eigenvalue weighted by molar-refractivity contribution is 7.09. The third kappa shape index (κ3) is 3.08. The Morgan fingerprint density at radius 1 is 1.29 bits per heavy atom. The normalized spacial score (nSPS) is 48.5. The molecule has 0 heterocycles. The van der Waals surface area contributed by atoms with Crippen molar-refractivity contribution in [2.75, 3.05) is 6.61 Å². The molecular weight excluding hydrogens is 375 g/mol. The summed E-state index contributed by atoms with van der Waals surface area (Å²) < 4.78 is 10.9. The van der Waals surface area contributed by atoms with Crippen LogP contribution < -0.4 is 0 Å². The van der Waals surface area contributed by atoms with Crippen LogP contribution in [0.5, 0.6) is 0 Å². The monoisotopic (exact) mass is 412 g/mol. The molecule has 0 saturated heterocycles. The van der Waals surface area contributed by atoms with Crippen LogP contribution in [0.15, 0.2) is 0 Å². The third-order valence-corrected chi connectivity index (χ3v) is 9.35. The molecule has 0 aromatic heterocycles. The van der Waals surface area contributed by atoms with E-state index in [1.807, 2.05) is 0 Å². The lowest BCUT2D eigenvalue weighted by molar-refractivity contribution is -0.212. The third-order valence-electron chi connectivity index (χ3n) is 9.18. The highest BCUT2D eigenvalue weighted by Gasteiger charge is 2.68. The molecule has 3 aliphatic carbocycles. The van der Waals surface area contributed by atoms with E-state index in [0.717, 1.165) is 25.7 Å². The van der Waals surface area contributed by atoms with Gasteiger partial charge in [0.15, 0.2) is 0 Å². The largest absolute Gasteiger partial charge is 0.460 e. The van der Waals surface area contributed by atoms with E-state index >= 15 is 0 Å². The highest BCUT2D eigenvalue weighted by Crippen LogP contribution is 2.68. The van der Waals surface area contributed by atoms with Crippen molar-refractivity contribution in [3.63, 3.8) is 0 Å². The van der Waals surface area contributed by atoms with Gasteiger partial charge in [-0.05, 0) is 54.8 Å². The van der Waals surface area contributed by atoms with Crippen molar-refractivity contribution in [2.24, 2.45) is 34.0 Å². The molecule has 3 fully saturated rings. The number of hydrogen-bond acceptors (Lipinski definition) is 5. The van der Waals surface area contributed by atoms with E-state index in [-0.39, 0.29) is 41.0 Å². The van der Waals surface area contributed by atoms with Crippen LogP contribution in [0.2, 0.25) is 0 Å². The van der Waals surface area contributed by atoms with Gasteiger partial charge in [-0.3, -0.25) is 4.79 Å². The molecule has 0 aromatic carbocycles. The zero-order chi connectivity index (χ0) is 20.9. The molecule has 3 saturated carbocycles. The van der Waals surface area contributed by atoms with E-state index in [4.69, 9.17) is 9.26 Å². The Labute approximate surface area is 171 Å². The molecule has 2 unspecified atom stereocenters. The molecule has 28 heavy (non-hydrogen) atoms. The van der Waals surface area contributed by atoms with Crippen molar-refractivity contribution in [3.8, 4) is 0 Å². The summed E-state index contributed by atoms with van der Waals surface area (Å²) in [4.78, 5) is 25.7. The number of aliphatic hydroxyl groups is 1. The van der Waals surface area contributed by atoms with Gasteiger partial charge < -0.3 is 14.4 Å². The molecule has 0 aliphatic heterocycles. The zero-order valence-corrected chi connectivity index (χ0v) is 19.1. The van der Waals surface area contributed by atoms with Crippen molar-refractivity contribution in [1.82, 2.24) is 0 Å². The molecular formula is C22H37O5P. The molecule has 0 spiro atoms. The van der Waals surface area contributed by atoms with Gasteiger partial charge in [0.05, 0.1) is 6.10 Å². The Kier molecular flexibility index (Phi) is 6.05. The average Bonchev–Trinajstić information content (AvgIpc) is 3.01. The molecule has 0 aromatic rings. The Bertz CT molecular complexity index is 638. The number of hydrogen-bond donors (Lipinski definition) is 1. The van der Waals surface area contributed by atoms with Crippen LogP contribution >= 0.6 is 9.47 Å². The van der Waals surface area contributed by atoms with Gasteiger partial charge in [0.25, 0.3) is 0 Å². The zero-order valence-electron chi connectivity index (χ0n) is 18.0. The number of Topliss-reactive ketones (excluding diaryl/α,β-unsaturated/α-hetero) is 1. The lowest BCUT2D eigenvalue weighted by Gasteiger charge is -2.62. The predicted molar refractivity (Wildman–Crippen MR) is 110 cm³/mol. The number of rotatable bonds is 4. The predicted octanol–water partition coefficient (Wildman–Crippen LogP) is 3.92. The van der Waals surface area contributed by atoms with Gasteiger partial charge in [-0.2, -0.15) is 0 Å². The van der Waals surface area contributed by atoms with E-state index in [9.17, 15) is 14.7 Å². The number of aliphatic hydroxyl groups excluding tert-OH is 1. The smallest absolute Gasteiger partial charge is 0.332 e. The Morgan fingerprint density at radius 2 is 1.96 bits per heavy atom. The van der Waals surface area contributed by atoms with Gasteiger partial charge in [0, 0.05) is 27.2 Å². The minimum Gasteiger partial charge on any atom is -0.460 e. The fourth-order valence-electron chi connectivity index (χ4n) is 6.97. The lowest BCUT2D eigenvalue weighted by atomic mass is 9.43. The van der Waals surface area contributed by atoms with Crippen LogP contribution in [0.1, 0.15) is 73.1 Å². The Morgan fingerprint density at radius 3 is 2.57 bits per heavy atom. The van der Waals surface area contributed by atoms with Gasteiger partial charge in [-0.25, -0.2) is 4.79 Å². The maximum atomic E-state index is 13.2. The van der Waals surface area contributed by atoms with Gasteiger partial charge >= 0.3 is 5.97 Å². The first kappa shape index (κ1) is 22.2. The van der Waals surface area contributed by atoms with E-state index in [2.05, 4.69) is 44.1 Å². The maximum absolute atomic E-state index is 13.2. The summed E-state index contributed by atoms with van der Waals surface area (Å²) in [6.45, 7) is 10.6. The molecule has 1 N–H and O–H groups in total. The molecule has 5 nitrogen and oxygen atoms in total. The first-order chi connectivity index (χ1) is 13.1. The van der Waals surface area contributed by atoms with Crippen molar-refractivity contribution in [1.29, 1.82) is 0 Å². The van der Waals surface area contributed by atoms with Crippen LogP contribution in [-0.4, -0.2) is 35.7 Å². The first-order valence-corrected chi connectivity index (χ1v) is 11.3. The summed E-state index contributed by atoms with van der Waals surface area (Å²) >= 11 is 0. The summed E-state index contributed by atoms with van der Waals surface area (Å²) in [6, 6.07) is 0. The second-order valence-corrected chi connectivity index (χ2v) is 10.5. The van der Waals surface area contributed by atoms with E-state index in [0.29, 0.717) is 12.8 Å². The molecule has 6 heteroatoms. The first-order valence-electron chi connectivity index (χ1n) is 10.8. The van der Waals surface area contributed by atoms with Crippen LogP contribution in [0.3, 0.4) is 0 Å². The number of ketones is 1. The van der Waals surface area contributed by atoms with Crippen molar-refractivity contribution in [3.05, 3.63) is 0 Å². The second-order valence-electron chi connectivity index (χ2n) is 10.2.